The summed E-state index contributed by atoms with van der Waals surface area (Å²) in [6.07, 6.45) is 1.55. The maximum Gasteiger partial charge on any atom is 0.405 e. The first kappa shape index (κ1) is 23.3. The van der Waals surface area contributed by atoms with Crippen molar-refractivity contribution < 1.29 is 22.7 Å². The van der Waals surface area contributed by atoms with Crippen LogP contribution in [0.5, 0.6) is 0 Å². The number of nitrogens with zero attached hydrogens (tertiary/aromatic N) is 4. The molecule has 0 radical (unpaired) electrons. The van der Waals surface area contributed by atoms with E-state index in [1.54, 1.807) is 30.1 Å². The Balaban J connectivity index is 1.54. The number of carbonyl (C=O) groups is 1. The highest BCUT2D eigenvalue weighted by Crippen LogP contribution is 2.31. The SMILES string of the molecule is CCc1c(Nc2nc(C3=CCC(C(=O)NCC(F)(F)F)C(OC)=C3)nn2C)ccc2[nH]ncc12. The van der Waals surface area contributed by atoms with Gasteiger partial charge in [0.15, 0.2) is 5.82 Å². The normalized spacial score (nSPS) is 16.2. The third-order valence-corrected chi connectivity index (χ3v) is 5.59. The number of aromatic amines is 1. The average molecular weight is 475 g/mol. The molecule has 1 aliphatic rings. The number of benzene rings is 1. The van der Waals surface area contributed by atoms with E-state index in [9.17, 15) is 18.0 Å². The van der Waals surface area contributed by atoms with E-state index in [2.05, 4.69) is 32.5 Å². The highest BCUT2D eigenvalue weighted by Gasteiger charge is 2.32. The van der Waals surface area contributed by atoms with Gasteiger partial charge >= 0.3 is 6.18 Å². The molecule has 9 nitrogen and oxygen atoms in total. The summed E-state index contributed by atoms with van der Waals surface area (Å²) >= 11 is 0. The molecule has 0 aliphatic heterocycles. The van der Waals surface area contributed by atoms with E-state index in [0.717, 1.165) is 28.6 Å². The Morgan fingerprint density at radius 3 is 2.85 bits per heavy atom. The number of amides is 1. The van der Waals surface area contributed by atoms with Gasteiger partial charge in [0.1, 0.15) is 12.3 Å². The van der Waals surface area contributed by atoms with Crippen molar-refractivity contribution in [1.82, 2.24) is 30.3 Å². The number of fused-ring (bicyclic) bond motifs is 1. The van der Waals surface area contributed by atoms with Gasteiger partial charge in [-0.1, -0.05) is 13.0 Å². The standard InChI is InChI=1S/C22H24F3N7O2/c1-4-13-15-10-27-30-17(15)8-7-16(13)28-21-29-19(31-32(21)2)12-5-6-14(18(9-12)34-3)20(33)26-11-22(23,24)25/h5,7-10,14H,4,6,11H2,1-3H3,(H,26,33)(H,27,30)(H,28,29,31). The molecule has 1 aliphatic carbocycles. The number of hydrogen-bond acceptors (Lipinski definition) is 6. The Hall–Kier alpha value is -3.83. The highest BCUT2D eigenvalue weighted by molar-refractivity contribution is 5.88. The van der Waals surface area contributed by atoms with Gasteiger partial charge in [-0.25, -0.2) is 4.68 Å². The number of methoxy groups -OCH3 is 1. The summed E-state index contributed by atoms with van der Waals surface area (Å²) in [5, 5.41) is 17.8. The van der Waals surface area contributed by atoms with Crippen LogP contribution < -0.4 is 10.6 Å². The molecule has 0 bridgehead atoms. The Morgan fingerprint density at radius 1 is 1.35 bits per heavy atom. The van der Waals surface area contributed by atoms with Crippen LogP contribution in [0.15, 0.2) is 36.2 Å². The van der Waals surface area contributed by atoms with Crippen LogP contribution in [0.2, 0.25) is 0 Å². The minimum Gasteiger partial charge on any atom is -0.500 e. The summed E-state index contributed by atoms with van der Waals surface area (Å²) in [7, 11) is 3.12. The lowest BCUT2D eigenvalue weighted by molar-refractivity contribution is -0.140. The topological polar surface area (TPSA) is 110 Å². The molecule has 34 heavy (non-hydrogen) atoms. The van der Waals surface area contributed by atoms with E-state index >= 15 is 0 Å². The first-order valence-corrected chi connectivity index (χ1v) is 10.6. The first-order valence-electron chi connectivity index (χ1n) is 10.6. The summed E-state index contributed by atoms with van der Waals surface area (Å²) in [6, 6.07) is 3.88. The lowest BCUT2D eigenvalue weighted by atomic mass is 9.93. The fourth-order valence-corrected chi connectivity index (χ4v) is 3.89. The number of allylic oxidation sites excluding steroid dienone is 3. The predicted molar refractivity (Wildman–Crippen MR) is 120 cm³/mol. The molecular weight excluding hydrogens is 451 g/mol. The predicted octanol–water partition coefficient (Wildman–Crippen LogP) is 3.61. The number of aromatic nitrogens is 5. The Kier molecular flexibility index (Phi) is 6.31. The lowest BCUT2D eigenvalue weighted by Crippen LogP contribution is -2.38. The molecule has 2 heterocycles. The number of halogens is 3. The van der Waals surface area contributed by atoms with Crippen molar-refractivity contribution in [3.05, 3.63) is 47.6 Å². The molecule has 0 fully saturated rings. The van der Waals surface area contributed by atoms with E-state index < -0.39 is 24.5 Å². The zero-order valence-electron chi connectivity index (χ0n) is 18.8. The molecule has 180 valence electrons. The zero-order valence-corrected chi connectivity index (χ0v) is 18.8. The van der Waals surface area contributed by atoms with Gasteiger partial charge in [-0.15, -0.1) is 5.10 Å². The fraction of sp³-hybridized carbons (Fsp3) is 0.364. The Morgan fingerprint density at radius 2 is 2.15 bits per heavy atom. The number of alkyl halides is 3. The number of ether oxygens (including phenoxy) is 1. The van der Waals surface area contributed by atoms with Crippen molar-refractivity contribution >= 4 is 34.0 Å². The summed E-state index contributed by atoms with van der Waals surface area (Å²) in [5.41, 5.74) is 3.52. The smallest absolute Gasteiger partial charge is 0.405 e. The number of anilines is 2. The molecule has 3 aromatic rings. The molecule has 0 saturated heterocycles. The van der Waals surface area contributed by atoms with Crippen LogP contribution in [-0.4, -0.2) is 50.7 Å². The highest BCUT2D eigenvalue weighted by atomic mass is 19.4. The van der Waals surface area contributed by atoms with Crippen molar-refractivity contribution in [2.75, 3.05) is 19.0 Å². The molecule has 1 atom stereocenters. The molecule has 0 saturated carbocycles. The van der Waals surface area contributed by atoms with Crippen LogP contribution in [-0.2, 0) is 23.0 Å². The van der Waals surface area contributed by atoms with E-state index in [1.165, 1.54) is 7.11 Å². The number of H-pyrrole nitrogens is 1. The van der Waals surface area contributed by atoms with Crippen molar-refractivity contribution in [3.8, 4) is 0 Å². The molecule has 4 rings (SSSR count). The van der Waals surface area contributed by atoms with Crippen LogP contribution in [0.25, 0.3) is 16.5 Å². The minimum absolute atomic E-state index is 0.164. The molecular formula is C22H24F3N7O2. The van der Waals surface area contributed by atoms with Crippen LogP contribution >= 0.6 is 0 Å². The average Bonchev–Trinajstić information content (AvgIpc) is 3.43. The molecule has 12 heteroatoms. The van der Waals surface area contributed by atoms with Crippen molar-refractivity contribution in [2.24, 2.45) is 13.0 Å². The lowest BCUT2D eigenvalue weighted by Gasteiger charge is -2.21. The van der Waals surface area contributed by atoms with Gasteiger partial charge in [0, 0.05) is 23.7 Å². The van der Waals surface area contributed by atoms with Crippen molar-refractivity contribution in [1.29, 1.82) is 0 Å². The van der Waals surface area contributed by atoms with Gasteiger partial charge in [-0.2, -0.15) is 23.3 Å². The van der Waals surface area contributed by atoms with Crippen LogP contribution in [0, 0.1) is 5.92 Å². The number of nitrogens with one attached hydrogen (secondary N) is 3. The van der Waals surface area contributed by atoms with Crippen LogP contribution in [0.3, 0.4) is 0 Å². The Bertz CT molecular complexity index is 1270. The van der Waals surface area contributed by atoms with Gasteiger partial charge < -0.3 is 15.4 Å². The number of carbonyl (C=O) groups excluding carboxylic acids is 1. The van der Waals surface area contributed by atoms with Crippen molar-refractivity contribution in [2.45, 2.75) is 25.9 Å². The zero-order chi connectivity index (χ0) is 24.5. The molecule has 0 spiro atoms. The van der Waals surface area contributed by atoms with E-state index in [-0.39, 0.29) is 12.2 Å². The molecule has 1 aromatic carbocycles. The summed E-state index contributed by atoms with van der Waals surface area (Å²) in [5.74, 6) is -0.454. The summed E-state index contributed by atoms with van der Waals surface area (Å²) in [6.45, 7) is 0.664. The van der Waals surface area contributed by atoms with Gasteiger partial charge in [0.05, 0.1) is 24.7 Å². The van der Waals surface area contributed by atoms with E-state index in [0.29, 0.717) is 17.3 Å². The quantitative estimate of drug-likeness (QED) is 0.482. The third kappa shape index (κ3) is 4.75. The summed E-state index contributed by atoms with van der Waals surface area (Å²) < 4.78 is 44.2. The van der Waals surface area contributed by atoms with Gasteiger partial charge in [-0.05, 0) is 36.6 Å². The molecule has 1 amide bonds. The van der Waals surface area contributed by atoms with E-state index in [1.807, 2.05) is 17.4 Å². The second kappa shape index (κ2) is 9.20. The first-order chi connectivity index (χ1) is 16.2. The largest absolute Gasteiger partial charge is 0.500 e. The summed E-state index contributed by atoms with van der Waals surface area (Å²) in [4.78, 5) is 16.8. The molecule has 3 N–H and O–H groups in total. The van der Waals surface area contributed by atoms with Crippen LogP contribution in [0.1, 0.15) is 24.7 Å². The number of aryl methyl sites for hydroxylation is 2. The van der Waals surface area contributed by atoms with Crippen LogP contribution in [0.4, 0.5) is 24.8 Å². The fourth-order valence-electron chi connectivity index (χ4n) is 3.89. The van der Waals surface area contributed by atoms with Crippen molar-refractivity contribution in [3.63, 3.8) is 0 Å². The monoisotopic (exact) mass is 475 g/mol. The molecule has 1 unspecified atom stereocenters. The number of rotatable bonds is 7. The minimum atomic E-state index is -4.48. The maximum absolute atomic E-state index is 12.4. The number of hydrogen-bond donors (Lipinski definition) is 3. The van der Waals surface area contributed by atoms with Gasteiger partial charge in [-0.3, -0.25) is 9.89 Å². The van der Waals surface area contributed by atoms with E-state index in [4.69, 9.17) is 4.74 Å². The van der Waals surface area contributed by atoms with Gasteiger partial charge in [0.25, 0.3) is 0 Å². The second-order valence-electron chi connectivity index (χ2n) is 7.82. The maximum atomic E-state index is 12.4. The Labute approximate surface area is 193 Å². The van der Waals surface area contributed by atoms with Gasteiger partial charge in [0.2, 0.25) is 11.9 Å². The second-order valence-corrected chi connectivity index (χ2v) is 7.82. The third-order valence-electron chi connectivity index (χ3n) is 5.59. The molecule has 2 aromatic heterocycles.